The zero-order chi connectivity index (χ0) is 17.5. The molecule has 0 aliphatic carbocycles. The largest absolute Gasteiger partial charge is 0.497 e. The third-order valence-electron chi connectivity index (χ3n) is 4.13. The van der Waals surface area contributed by atoms with Gasteiger partial charge in [-0.05, 0) is 42.7 Å². The summed E-state index contributed by atoms with van der Waals surface area (Å²) in [6, 6.07) is 14.9. The number of para-hydroxylation sites is 2. The van der Waals surface area contributed by atoms with Crippen molar-refractivity contribution < 1.29 is 19.0 Å². The van der Waals surface area contributed by atoms with E-state index in [1.807, 2.05) is 48.5 Å². The van der Waals surface area contributed by atoms with Gasteiger partial charge in [-0.25, -0.2) is 0 Å². The van der Waals surface area contributed by atoms with Crippen LogP contribution in [0.3, 0.4) is 0 Å². The highest BCUT2D eigenvalue weighted by atomic mass is 16.5. The second-order valence-electron chi connectivity index (χ2n) is 6.02. The summed E-state index contributed by atoms with van der Waals surface area (Å²) in [7, 11) is 1.62. The number of carbonyl (C=O) groups is 1. The first kappa shape index (κ1) is 17.3. The van der Waals surface area contributed by atoms with Crippen LogP contribution in [0.1, 0.15) is 18.4 Å². The maximum Gasteiger partial charge on any atom is 0.228 e. The van der Waals surface area contributed by atoms with E-state index in [1.54, 1.807) is 7.11 Å². The number of rotatable bonds is 7. The van der Waals surface area contributed by atoms with Crippen LogP contribution in [0.4, 0.5) is 5.69 Å². The molecule has 1 heterocycles. The molecule has 1 saturated heterocycles. The molecule has 25 heavy (non-hydrogen) atoms. The quantitative estimate of drug-likeness (QED) is 0.838. The molecule has 0 spiro atoms. The molecule has 5 heteroatoms. The summed E-state index contributed by atoms with van der Waals surface area (Å²) in [5, 5.41) is 2.93. The zero-order valence-electron chi connectivity index (χ0n) is 14.4. The number of benzene rings is 2. The number of nitrogens with one attached hydrogen (secondary N) is 1. The number of ether oxygens (including phenoxy) is 3. The average Bonchev–Trinajstić information content (AvgIpc) is 3.15. The minimum atomic E-state index is -0.0849. The van der Waals surface area contributed by atoms with Gasteiger partial charge in [0, 0.05) is 6.61 Å². The van der Waals surface area contributed by atoms with Gasteiger partial charge in [0.05, 0.1) is 25.3 Å². The molecule has 132 valence electrons. The molecule has 1 amide bonds. The second-order valence-corrected chi connectivity index (χ2v) is 6.02. The molecule has 1 aliphatic heterocycles. The van der Waals surface area contributed by atoms with Gasteiger partial charge in [-0.2, -0.15) is 0 Å². The van der Waals surface area contributed by atoms with Crippen LogP contribution < -0.4 is 14.8 Å². The lowest BCUT2D eigenvalue weighted by Crippen LogP contribution is -2.18. The first-order valence-electron chi connectivity index (χ1n) is 8.51. The summed E-state index contributed by atoms with van der Waals surface area (Å²) < 4.78 is 16.5. The maximum atomic E-state index is 12.3. The first-order chi connectivity index (χ1) is 12.2. The molecule has 1 N–H and O–H groups in total. The Morgan fingerprint density at radius 3 is 2.72 bits per heavy atom. The van der Waals surface area contributed by atoms with Crippen LogP contribution >= 0.6 is 0 Å². The van der Waals surface area contributed by atoms with Crippen LogP contribution in [0.25, 0.3) is 0 Å². The number of anilines is 1. The molecule has 0 radical (unpaired) electrons. The fraction of sp³-hybridized carbons (Fsp3) is 0.350. The fourth-order valence-corrected chi connectivity index (χ4v) is 2.78. The van der Waals surface area contributed by atoms with Gasteiger partial charge in [0.1, 0.15) is 18.1 Å². The first-order valence-corrected chi connectivity index (χ1v) is 8.51. The van der Waals surface area contributed by atoms with Crippen LogP contribution in [-0.2, 0) is 16.0 Å². The maximum absolute atomic E-state index is 12.3. The Morgan fingerprint density at radius 2 is 2.00 bits per heavy atom. The Morgan fingerprint density at radius 1 is 1.20 bits per heavy atom. The summed E-state index contributed by atoms with van der Waals surface area (Å²) in [6.07, 6.45) is 2.53. The molecule has 3 rings (SSSR count). The highest BCUT2D eigenvalue weighted by molar-refractivity contribution is 5.93. The molecule has 1 aliphatic rings. The van der Waals surface area contributed by atoms with E-state index in [1.165, 1.54) is 0 Å². The molecule has 0 aromatic heterocycles. The summed E-state index contributed by atoms with van der Waals surface area (Å²) in [5.74, 6) is 1.36. The van der Waals surface area contributed by atoms with Gasteiger partial charge >= 0.3 is 0 Å². The van der Waals surface area contributed by atoms with Crippen LogP contribution in [0.5, 0.6) is 11.5 Å². The Bertz CT molecular complexity index is 693. The van der Waals surface area contributed by atoms with Crippen molar-refractivity contribution in [1.82, 2.24) is 0 Å². The van der Waals surface area contributed by atoms with Gasteiger partial charge < -0.3 is 19.5 Å². The van der Waals surface area contributed by atoms with Crippen molar-refractivity contribution >= 4 is 11.6 Å². The van der Waals surface area contributed by atoms with E-state index < -0.39 is 0 Å². The predicted octanol–water partition coefficient (Wildman–Crippen LogP) is 3.43. The van der Waals surface area contributed by atoms with E-state index in [9.17, 15) is 4.79 Å². The van der Waals surface area contributed by atoms with E-state index in [2.05, 4.69) is 5.32 Å². The molecule has 1 atom stereocenters. The minimum absolute atomic E-state index is 0.0849. The van der Waals surface area contributed by atoms with Crippen molar-refractivity contribution in [2.75, 3.05) is 25.6 Å². The highest BCUT2D eigenvalue weighted by Crippen LogP contribution is 2.25. The molecule has 0 saturated carbocycles. The van der Waals surface area contributed by atoms with Gasteiger partial charge in [-0.3, -0.25) is 4.79 Å². The molecule has 0 unspecified atom stereocenters. The van der Waals surface area contributed by atoms with Crippen molar-refractivity contribution in [2.45, 2.75) is 25.4 Å². The lowest BCUT2D eigenvalue weighted by atomic mass is 10.1. The predicted molar refractivity (Wildman–Crippen MR) is 96.2 cm³/mol. The lowest BCUT2D eigenvalue weighted by molar-refractivity contribution is -0.115. The summed E-state index contributed by atoms with van der Waals surface area (Å²) >= 11 is 0. The van der Waals surface area contributed by atoms with E-state index in [4.69, 9.17) is 14.2 Å². The van der Waals surface area contributed by atoms with Crippen LogP contribution in [0.15, 0.2) is 48.5 Å². The summed E-state index contributed by atoms with van der Waals surface area (Å²) in [5.41, 5.74) is 1.61. The lowest BCUT2D eigenvalue weighted by Gasteiger charge is -2.15. The molecule has 2 aromatic rings. The van der Waals surface area contributed by atoms with Gasteiger partial charge in [-0.1, -0.05) is 24.3 Å². The van der Waals surface area contributed by atoms with E-state index in [0.717, 1.165) is 30.8 Å². The summed E-state index contributed by atoms with van der Waals surface area (Å²) in [4.78, 5) is 12.3. The summed E-state index contributed by atoms with van der Waals surface area (Å²) in [6.45, 7) is 1.31. The van der Waals surface area contributed by atoms with Gasteiger partial charge in [0.2, 0.25) is 5.91 Å². The normalized spacial score (nSPS) is 16.4. The number of hydrogen-bond acceptors (Lipinski definition) is 4. The second kappa shape index (κ2) is 8.53. The van der Waals surface area contributed by atoms with Crippen molar-refractivity contribution in [3.05, 3.63) is 54.1 Å². The Balaban J connectivity index is 1.58. The molecule has 1 fully saturated rings. The Hall–Kier alpha value is -2.53. The monoisotopic (exact) mass is 341 g/mol. The molecule has 2 aromatic carbocycles. The van der Waals surface area contributed by atoms with Crippen LogP contribution in [0, 0.1) is 0 Å². The zero-order valence-corrected chi connectivity index (χ0v) is 14.4. The van der Waals surface area contributed by atoms with E-state index >= 15 is 0 Å². The van der Waals surface area contributed by atoms with E-state index in [0.29, 0.717) is 24.5 Å². The topological polar surface area (TPSA) is 56.8 Å². The standard InChI is InChI=1S/C20H23NO4/c1-23-16-10-8-15(9-11-16)13-20(22)21-18-6-2-3-7-19(18)25-14-17-5-4-12-24-17/h2-3,6-11,17H,4-5,12-14H2,1H3,(H,21,22)/t17-/m1/s1. The molecule has 5 nitrogen and oxygen atoms in total. The number of amides is 1. The third kappa shape index (κ3) is 4.97. The Kier molecular flexibility index (Phi) is 5.90. The molecule has 0 bridgehead atoms. The van der Waals surface area contributed by atoms with Gasteiger partial charge in [0.25, 0.3) is 0 Å². The molecular formula is C20H23NO4. The van der Waals surface area contributed by atoms with Crippen LogP contribution in [-0.4, -0.2) is 32.3 Å². The van der Waals surface area contributed by atoms with Crippen LogP contribution in [0.2, 0.25) is 0 Å². The number of hydrogen-bond donors (Lipinski definition) is 1. The van der Waals surface area contributed by atoms with E-state index in [-0.39, 0.29) is 12.0 Å². The van der Waals surface area contributed by atoms with Gasteiger partial charge in [-0.15, -0.1) is 0 Å². The average molecular weight is 341 g/mol. The SMILES string of the molecule is COc1ccc(CC(=O)Nc2ccccc2OC[C@H]2CCCO2)cc1. The molecular weight excluding hydrogens is 318 g/mol. The smallest absolute Gasteiger partial charge is 0.228 e. The highest BCUT2D eigenvalue weighted by Gasteiger charge is 2.17. The number of carbonyl (C=O) groups excluding carboxylic acids is 1. The van der Waals surface area contributed by atoms with Crippen molar-refractivity contribution in [3.63, 3.8) is 0 Å². The van der Waals surface area contributed by atoms with Gasteiger partial charge in [0.15, 0.2) is 0 Å². The fourth-order valence-electron chi connectivity index (χ4n) is 2.78. The number of methoxy groups -OCH3 is 1. The van der Waals surface area contributed by atoms with Crippen molar-refractivity contribution in [2.24, 2.45) is 0 Å². The third-order valence-corrected chi connectivity index (χ3v) is 4.13. The Labute approximate surface area is 147 Å². The van der Waals surface area contributed by atoms with Crippen molar-refractivity contribution in [3.8, 4) is 11.5 Å². The minimum Gasteiger partial charge on any atom is -0.497 e. The van der Waals surface area contributed by atoms with Crippen molar-refractivity contribution in [1.29, 1.82) is 0 Å².